The quantitative estimate of drug-likeness (QED) is 0.870. The SMILES string of the molecule is Cl.NC1(C(=O)NC2CCN(c3ccc(Cl)cc3)C2=O)CCCC1. The first kappa shape index (κ1) is 18.0. The largest absolute Gasteiger partial charge is 0.343 e. The first-order valence-corrected chi connectivity index (χ1v) is 8.04. The third-order valence-corrected chi connectivity index (χ3v) is 4.85. The van der Waals surface area contributed by atoms with Crippen LogP contribution < -0.4 is 16.0 Å². The van der Waals surface area contributed by atoms with Gasteiger partial charge in [0.15, 0.2) is 0 Å². The van der Waals surface area contributed by atoms with Gasteiger partial charge in [0.05, 0.1) is 5.54 Å². The molecule has 1 unspecified atom stereocenters. The Bertz CT molecular complexity index is 585. The fraction of sp³-hybridized carbons (Fsp3) is 0.500. The molecule has 126 valence electrons. The van der Waals surface area contributed by atoms with Gasteiger partial charge in [0.2, 0.25) is 11.8 Å². The Labute approximate surface area is 146 Å². The van der Waals surface area contributed by atoms with E-state index >= 15 is 0 Å². The zero-order valence-corrected chi connectivity index (χ0v) is 14.3. The van der Waals surface area contributed by atoms with E-state index in [1.165, 1.54) is 0 Å². The predicted molar refractivity (Wildman–Crippen MR) is 93.0 cm³/mol. The molecule has 1 saturated carbocycles. The summed E-state index contributed by atoms with van der Waals surface area (Å²) >= 11 is 5.87. The van der Waals surface area contributed by atoms with Crippen LogP contribution in [0.4, 0.5) is 5.69 Å². The molecule has 0 radical (unpaired) electrons. The van der Waals surface area contributed by atoms with Gasteiger partial charge in [-0.25, -0.2) is 0 Å². The van der Waals surface area contributed by atoms with Gasteiger partial charge in [0.1, 0.15) is 6.04 Å². The molecule has 3 rings (SSSR count). The number of nitrogens with two attached hydrogens (primary N) is 1. The number of nitrogens with zero attached hydrogens (tertiary/aromatic N) is 1. The molecule has 1 aromatic carbocycles. The van der Waals surface area contributed by atoms with E-state index in [1.807, 2.05) is 12.1 Å². The van der Waals surface area contributed by atoms with Gasteiger partial charge in [0, 0.05) is 17.3 Å². The highest BCUT2D eigenvalue weighted by molar-refractivity contribution is 6.30. The second-order valence-corrected chi connectivity index (χ2v) is 6.58. The van der Waals surface area contributed by atoms with E-state index in [-0.39, 0.29) is 24.2 Å². The molecule has 1 saturated heterocycles. The lowest BCUT2D eigenvalue weighted by Gasteiger charge is -2.24. The lowest BCUT2D eigenvalue weighted by Crippen LogP contribution is -2.55. The van der Waals surface area contributed by atoms with Gasteiger partial charge >= 0.3 is 0 Å². The first-order chi connectivity index (χ1) is 10.5. The monoisotopic (exact) mass is 357 g/mol. The molecule has 0 spiro atoms. The van der Waals surface area contributed by atoms with Crippen molar-refractivity contribution in [2.75, 3.05) is 11.4 Å². The molecule has 0 aromatic heterocycles. The Morgan fingerprint density at radius 2 is 1.87 bits per heavy atom. The van der Waals surface area contributed by atoms with Crippen molar-refractivity contribution in [1.29, 1.82) is 0 Å². The lowest BCUT2D eigenvalue weighted by molar-refractivity contribution is -0.130. The van der Waals surface area contributed by atoms with E-state index in [2.05, 4.69) is 5.32 Å². The Morgan fingerprint density at radius 3 is 2.48 bits per heavy atom. The van der Waals surface area contributed by atoms with Crippen LogP contribution in [0.2, 0.25) is 5.02 Å². The van der Waals surface area contributed by atoms with Gasteiger partial charge < -0.3 is 16.0 Å². The molecule has 23 heavy (non-hydrogen) atoms. The van der Waals surface area contributed by atoms with E-state index in [4.69, 9.17) is 17.3 Å². The summed E-state index contributed by atoms with van der Waals surface area (Å²) in [4.78, 5) is 26.5. The molecule has 7 heteroatoms. The smallest absolute Gasteiger partial charge is 0.249 e. The Kier molecular flexibility index (Phi) is 5.55. The van der Waals surface area contributed by atoms with Gasteiger partial charge in [-0.2, -0.15) is 0 Å². The highest BCUT2D eigenvalue weighted by Crippen LogP contribution is 2.28. The van der Waals surface area contributed by atoms with Gasteiger partial charge in [-0.3, -0.25) is 9.59 Å². The minimum absolute atomic E-state index is 0. The number of hydrogen-bond donors (Lipinski definition) is 2. The van der Waals surface area contributed by atoms with Crippen LogP contribution >= 0.6 is 24.0 Å². The van der Waals surface area contributed by atoms with Crippen molar-refractivity contribution in [2.45, 2.75) is 43.7 Å². The molecule has 2 fully saturated rings. The van der Waals surface area contributed by atoms with Crippen LogP contribution in [0.3, 0.4) is 0 Å². The molecule has 5 nitrogen and oxygen atoms in total. The molecule has 1 aliphatic heterocycles. The van der Waals surface area contributed by atoms with Crippen LogP contribution in [0.15, 0.2) is 24.3 Å². The number of amides is 2. The van der Waals surface area contributed by atoms with Crippen LogP contribution in [-0.4, -0.2) is 29.9 Å². The predicted octanol–water partition coefficient (Wildman–Crippen LogP) is 2.25. The molecule has 1 heterocycles. The van der Waals surface area contributed by atoms with E-state index in [0.29, 0.717) is 30.8 Å². The summed E-state index contributed by atoms with van der Waals surface area (Å²) in [6.45, 7) is 0.586. The summed E-state index contributed by atoms with van der Waals surface area (Å²) in [5, 5.41) is 3.47. The van der Waals surface area contributed by atoms with Gasteiger partial charge in [-0.1, -0.05) is 24.4 Å². The van der Waals surface area contributed by atoms with E-state index < -0.39 is 11.6 Å². The fourth-order valence-electron chi connectivity index (χ4n) is 3.23. The van der Waals surface area contributed by atoms with Crippen molar-refractivity contribution in [1.82, 2.24) is 5.32 Å². The molecular formula is C16H21Cl2N3O2. The second kappa shape index (κ2) is 7.07. The third kappa shape index (κ3) is 3.62. The first-order valence-electron chi connectivity index (χ1n) is 7.66. The summed E-state index contributed by atoms with van der Waals surface area (Å²) in [6.07, 6.45) is 3.93. The maximum atomic E-state index is 12.5. The minimum atomic E-state index is -0.798. The Hall–Kier alpha value is -1.30. The van der Waals surface area contributed by atoms with Crippen LogP contribution in [0.1, 0.15) is 32.1 Å². The number of carbonyl (C=O) groups excluding carboxylic acids is 2. The summed E-state index contributed by atoms with van der Waals surface area (Å²) in [5.74, 6) is -0.279. The van der Waals surface area contributed by atoms with Gasteiger partial charge in [0.25, 0.3) is 0 Å². The van der Waals surface area contributed by atoms with E-state index in [1.54, 1.807) is 17.0 Å². The molecular weight excluding hydrogens is 337 g/mol. The maximum absolute atomic E-state index is 12.5. The topological polar surface area (TPSA) is 75.4 Å². The molecule has 3 N–H and O–H groups in total. The van der Waals surface area contributed by atoms with E-state index in [9.17, 15) is 9.59 Å². The number of hydrogen-bond acceptors (Lipinski definition) is 3. The summed E-state index contributed by atoms with van der Waals surface area (Å²) in [6, 6.07) is 6.65. The van der Waals surface area contributed by atoms with Crippen LogP contribution in [0.25, 0.3) is 0 Å². The highest BCUT2D eigenvalue weighted by atomic mass is 35.5. The lowest BCUT2D eigenvalue weighted by atomic mass is 9.97. The van der Waals surface area contributed by atoms with Crippen molar-refractivity contribution in [2.24, 2.45) is 5.73 Å². The normalized spacial score (nSPS) is 22.8. The molecule has 2 aliphatic rings. The Morgan fingerprint density at radius 1 is 1.26 bits per heavy atom. The Balaban J connectivity index is 0.00000192. The number of rotatable bonds is 3. The van der Waals surface area contributed by atoms with Crippen LogP contribution in [-0.2, 0) is 9.59 Å². The number of benzene rings is 1. The van der Waals surface area contributed by atoms with E-state index in [0.717, 1.165) is 18.5 Å². The molecule has 1 atom stereocenters. The molecule has 2 amide bonds. The second-order valence-electron chi connectivity index (χ2n) is 6.14. The van der Waals surface area contributed by atoms with Crippen molar-refractivity contribution in [3.63, 3.8) is 0 Å². The zero-order chi connectivity index (χ0) is 15.7. The number of carbonyl (C=O) groups is 2. The van der Waals surface area contributed by atoms with Gasteiger partial charge in [-0.15, -0.1) is 12.4 Å². The average Bonchev–Trinajstić information content (AvgIpc) is 3.09. The summed E-state index contributed by atoms with van der Waals surface area (Å²) in [7, 11) is 0. The minimum Gasteiger partial charge on any atom is -0.343 e. The maximum Gasteiger partial charge on any atom is 0.249 e. The zero-order valence-electron chi connectivity index (χ0n) is 12.8. The van der Waals surface area contributed by atoms with Crippen molar-refractivity contribution < 1.29 is 9.59 Å². The summed E-state index contributed by atoms with van der Waals surface area (Å²) < 4.78 is 0. The third-order valence-electron chi connectivity index (χ3n) is 4.60. The molecule has 1 aromatic rings. The van der Waals surface area contributed by atoms with Gasteiger partial charge in [-0.05, 0) is 43.5 Å². The molecule has 0 bridgehead atoms. The van der Waals surface area contributed by atoms with Crippen LogP contribution in [0, 0.1) is 0 Å². The average molecular weight is 358 g/mol. The number of anilines is 1. The number of halogens is 2. The molecule has 1 aliphatic carbocycles. The fourth-order valence-corrected chi connectivity index (χ4v) is 3.35. The standard InChI is InChI=1S/C16H20ClN3O2.ClH/c17-11-3-5-12(6-4-11)20-10-7-13(14(20)21)19-15(22)16(18)8-1-2-9-16;/h3-6,13H,1-2,7-10,18H2,(H,19,22);1H. The van der Waals surface area contributed by atoms with Crippen LogP contribution in [0.5, 0.6) is 0 Å². The summed E-state index contributed by atoms with van der Waals surface area (Å²) in [5.41, 5.74) is 6.14. The van der Waals surface area contributed by atoms with Crippen molar-refractivity contribution in [3.8, 4) is 0 Å². The number of nitrogens with one attached hydrogen (secondary N) is 1. The van der Waals surface area contributed by atoms with Crippen molar-refractivity contribution in [3.05, 3.63) is 29.3 Å². The van der Waals surface area contributed by atoms with Crippen molar-refractivity contribution >= 4 is 41.5 Å². The highest BCUT2D eigenvalue weighted by Gasteiger charge is 2.41.